The molecule has 1 aromatic heterocycles. The molecule has 1 aromatic rings. The van der Waals surface area contributed by atoms with Gasteiger partial charge in [-0.05, 0) is 58.7 Å². The molecule has 114 valence electrons. The van der Waals surface area contributed by atoms with E-state index in [4.69, 9.17) is 0 Å². The summed E-state index contributed by atoms with van der Waals surface area (Å²) in [6.45, 7) is 9.57. The number of carbonyl (C=O) groups is 1. The van der Waals surface area contributed by atoms with Gasteiger partial charge in [-0.15, -0.1) is 0 Å². The Kier molecular flexibility index (Phi) is 4.66. The van der Waals surface area contributed by atoms with Crippen molar-refractivity contribution in [3.8, 4) is 0 Å². The number of pyridine rings is 1. The lowest BCUT2D eigenvalue weighted by atomic mass is 10.0. The molecular formula is C17H25N3O. The Balaban J connectivity index is 1.93. The molecule has 4 heteroatoms. The Labute approximate surface area is 127 Å². The van der Waals surface area contributed by atoms with Gasteiger partial charge in [0.15, 0.2) is 0 Å². The van der Waals surface area contributed by atoms with Gasteiger partial charge in [-0.25, -0.2) is 4.79 Å². The van der Waals surface area contributed by atoms with Crippen molar-refractivity contribution in [1.29, 1.82) is 0 Å². The molecule has 0 spiro atoms. The molecule has 0 saturated carbocycles. The fourth-order valence-electron chi connectivity index (χ4n) is 2.39. The summed E-state index contributed by atoms with van der Waals surface area (Å²) in [6.07, 6.45) is 4.01. The lowest BCUT2D eigenvalue weighted by Crippen LogP contribution is -2.50. The molecule has 0 atom stereocenters. The molecule has 4 nitrogen and oxygen atoms in total. The second-order valence-electron chi connectivity index (χ2n) is 6.67. The molecule has 21 heavy (non-hydrogen) atoms. The summed E-state index contributed by atoms with van der Waals surface area (Å²) in [5.74, 6) is 0. The zero-order chi connectivity index (χ0) is 15.5. The highest BCUT2D eigenvalue weighted by molar-refractivity contribution is 5.75. The first-order valence-corrected chi connectivity index (χ1v) is 7.54. The predicted octanol–water partition coefficient (Wildman–Crippen LogP) is 3.38. The van der Waals surface area contributed by atoms with Gasteiger partial charge in [0.05, 0.1) is 5.69 Å². The fraction of sp³-hybridized carbons (Fsp3) is 0.529. The van der Waals surface area contributed by atoms with E-state index in [-0.39, 0.29) is 11.6 Å². The SMILES string of the molecule is Cc1cccc(C=C2CCN(C(=O)NC(C)(C)C)CC2)n1. The summed E-state index contributed by atoms with van der Waals surface area (Å²) < 4.78 is 0. The lowest BCUT2D eigenvalue weighted by Gasteiger charge is -2.32. The van der Waals surface area contributed by atoms with Crippen LogP contribution in [-0.4, -0.2) is 34.5 Å². The van der Waals surface area contributed by atoms with Crippen LogP contribution in [0.15, 0.2) is 23.8 Å². The van der Waals surface area contributed by atoms with E-state index < -0.39 is 0 Å². The maximum atomic E-state index is 12.1. The number of piperidine rings is 1. The highest BCUT2D eigenvalue weighted by Gasteiger charge is 2.22. The van der Waals surface area contributed by atoms with E-state index in [2.05, 4.69) is 16.4 Å². The van der Waals surface area contributed by atoms with Gasteiger partial charge in [0.25, 0.3) is 0 Å². The van der Waals surface area contributed by atoms with Crippen LogP contribution in [0.3, 0.4) is 0 Å². The molecule has 1 aliphatic rings. The number of amides is 2. The molecule has 1 fully saturated rings. The maximum absolute atomic E-state index is 12.1. The molecule has 0 aliphatic carbocycles. The van der Waals surface area contributed by atoms with E-state index >= 15 is 0 Å². The van der Waals surface area contributed by atoms with Crippen LogP contribution in [0.1, 0.15) is 45.0 Å². The van der Waals surface area contributed by atoms with Crippen molar-refractivity contribution in [2.45, 2.75) is 46.1 Å². The molecular weight excluding hydrogens is 262 g/mol. The van der Waals surface area contributed by atoms with Crippen molar-refractivity contribution in [2.24, 2.45) is 0 Å². The quantitative estimate of drug-likeness (QED) is 0.860. The fourth-order valence-corrected chi connectivity index (χ4v) is 2.39. The Morgan fingerprint density at radius 1 is 1.29 bits per heavy atom. The van der Waals surface area contributed by atoms with Crippen LogP contribution in [0.5, 0.6) is 0 Å². The average molecular weight is 287 g/mol. The topological polar surface area (TPSA) is 45.2 Å². The second kappa shape index (κ2) is 6.29. The normalized spacial score (nSPS) is 15.8. The smallest absolute Gasteiger partial charge is 0.317 e. The van der Waals surface area contributed by atoms with Crippen molar-refractivity contribution in [2.75, 3.05) is 13.1 Å². The molecule has 1 saturated heterocycles. The number of aryl methyl sites for hydroxylation is 1. The number of hydrogen-bond acceptors (Lipinski definition) is 2. The van der Waals surface area contributed by atoms with Crippen LogP contribution in [0.2, 0.25) is 0 Å². The lowest BCUT2D eigenvalue weighted by molar-refractivity contribution is 0.185. The van der Waals surface area contributed by atoms with Gasteiger partial charge in [-0.1, -0.05) is 11.6 Å². The summed E-state index contributed by atoms with van der Waals surface area (Å²) in [7, 11) is 0. The van der Waals surface area contributed by atoms with Gasteiger partial charge in [0.1, 0.15) is 0 Å². The Morgan fingerprint density at radius 3 is 2.52 bits per heavy atom. The number of urea groups is 1. The van der Waals surface area contributed by atoms with Crippen molar-refractivity contribution >= 4 is 12.1 Å². The summed E-state index contributed by atoms with van der Waals surface area (Å²) in [6, 6.07) is 6.09. The summed E-state index contributed by atoms with van der Waals surface area (Å²) >= 11 is 0. The van der Waals surface area contributed by atoms with Gasteiger partial charge in [-0.3, -0.25) is 4.98 Å². The molecule has 0 bridgehead atoms. The molecule has 2 heterocycles. The Hall–Kier alpha value is -1.84. The van der Waals surface area contributed by atoms with Crippen molar-refractivity contribution in [3.05, 3.63) is 35.2 Å². The standard InChI is InChI=1S/C17H25N3O/c1-13-6-5-7-15(18-13)12-14-8-10-20(11-9-14)16(21)19-17(2,3)4/h5-7,12H,8-11H2,1-4H3,(H,19,21). The minimum atomic E-state index is -0.182. The summed E-state index contributed by atoms with van der Waals surface area (Å²) in [5, 5.41) is 3.02. The number of carbonyl (C=O) groups excluding carboxylic acids is 1. The van der Waals surface area contributed by atoms with E-state index in [1.165, 1.54) is 5.57 Å². The van der Waals surface area contributed by atoms with E-state index in [1.54, 1.807) is 0 Å². The van der Waals surface area contributed by atoms with Gasteiger partial charge in [0.2, 0.25) is 0 Å². The van der Waals surface area contributed by atoms with Gasteiger partial charge in [-0.2, -0.15) is 0 Å². The first kappa shape index (κ1) is 15.5. The molecule has 2 rings (SSSR count). The van der Waals surface area contributed by atoms with Gasteiger partial charge < -0.3 is 10.2 Å². The van der Waals surface area contributed by atoms with E-state index in [9.17, 15) is 4.79 Å². The van der Waals surface area contributed by atoms with E-state index in [0.717, 1.165) is 37.3 Å². The first-order chi connectivity index (χ1) is 9.83. The number of nitrogens with one attached hydrogen (secondary N) is 1. The third kappa shape index (κ3) is 4.88. The average Bonchev–Trinajstić information content (AvgIpc) is 2.37. The van der Waals surface area contributed by atoms with E-state index in [0.29, 0.717) is 0 Å². The summed E-state index contributed by atoms with van der Waals surface area (Å²) in [5.41, 5.74) is 3.23. The Bertz CT molecular complexity index is 533. The molecule has 0 unspecified atom stereocenters. The zero-order valence-corrected chi connectivity index (χ0v) is 13.4. The van der Waals surface area contributed by atoms with Gasteiger partial charge in [0, 0.05) is 24.3 Å². The number of likely N-dealkylation sites (tertiary alicyclic amines) is 1. The van der Waals surface area contributed by atoms with Crippen LogP contribution >= 0.6 is 0 Å². The van der Waals surface area contributed by atoms with Gasteiger partial charge >= 0.3 is 6.03 Å². The highest BCUT2D eigenvalue weighted by atomic mass is 16.2. The maximum Gasteiger partial charge on any atom is 0.317 e. The van der Waals surface area contributed by atoms with Crippen molar-refractivity contribution < 1.29 is 4.79 Å². The van der Waals surface area contributed by atoms with E-state index in [1.807, 2.05) is 50.8 Å². The molecule has 0 radical (unpaired) electrons. The number of rotatable bonds is 1. The molecule has 1 N–H and O–H groups in total. The second-order valence-corrected chi connectivity index (χ2v) is 6.67. The van der Waals surface area contributed by atoms with Crippen molar-refractivity contribution in [1.82, 2.24) is 15.2 Å². The minimum Gasteiger partial charge on any atom is -0.333 e. The first-order valence-electron chi connectivity index (χ1n) is 7.54. The molecule has 0 aromatic carbocycles. The Morgan fingerprint density at radius 2 is 1.95 bits per heavy atom. The minimum absolute atomic E-state index is 0.0373. The number of aromatic nitrogens is 1. The third-order valence-electron chi connectivity index (χ3n) is 3.44. The highest BCUT2D eigenvalue weighted by Crippen LogP contribution is 2.19. The van der Waals surface area contributed by atoms with Crippen LogP contribution in [0, 0.1) is 6.92 Å². The van der Waals surface area contributed by atoms with Crippen molar-refractivity contribution in [3.63, 3.8) is 0 Å². The monoisotopic (exact) mass is 287 g/mol. The largest absolute Gasteiger partial charge is 0.333 e. The van der Waals surface area contributed by atoms with Crippen LogP contribution in [0.4, 0.5) is 4.79 Å². The number of hydrogen-bond donors (Lipinski definition) is 1. The van der Waals surface area contributed by atoms with Crippen LogP contribution < -0.4 is 5.32 Å². The molecule has 1 aliphatic heterocycles. The zero-order valence-electron chi connectivity index (χ0n) is 13.4. The van der Waals surface area contributed by atoms with Crippen LogP contribution in [-0.2, 0) is 0 Å². The van der Waals surface area contributed by atoms with Crippen LogP contribution in [0.25, 0.3) is 6.08 Å². The third-order valence-corrected chi connectivity index (χ3v) is 3.44. The molecule has 2 amide bonds. The summed E-state index contributed by atoms with van der Waals surface area (Å²) in [4.78, 5) is 18.5. The number of nitrogens with zero attached hydrogens (tertiary/aromatic N) is 2. The predicted molar refractivity (Wildman–Crippen MR) is 86.0 cm³/mol.